The first-order chi connectivity index (χ1) is 12.3. The molecular weight excluding hydrogens is 330 g/mol. The van der Waals surface area contributed by atoms with Gasteiger partial charge in [0.05, 0.1) is 0 Å². The average molecular weight is 357 g/mol. The number of carbonyl (C=O) groups is 3. The van der Waals surface area contributed by atoms with E-state index in [1.807, 2.05) is 13.8 Å². The Morgan fingerprint density at radius 3 is 2.54 bits per heavy atom. The molecule has 6 nitrogen and oxygen atoms in total. The van der Waals surface area contributed by atoms with Crippen LogP contribution in [0.1, 0.15) is 46.8 Å². The minimum atomic E-state index is -0.319. The Bertz CT molecular complexity index is 740. The van der Waals surface area contributed by atoms with Crippen LogP contribution >= 0.6 is 0 Å². The summed E-state index contributed by atoms with van der Waals surface area (Å²) in [7, 11) is 1.77. The number of benzene rings is 1. The zero-order valence-corrected chi connectivity index (χ0v) is 15.7. The standard InChI is InChI=1S/C20H27N3O3/c1-13-6-15-8-20(10-21-11-20)9-16(15)7-17(13)19(26)23(3)14(2)4-5-18(25)22-12-24/h6-7,12,14,21H,4-5,8-11H2,1-3H3,(H,22,24,25). The van der Waals surface area contributed by atoms with Crippen LogP contribution in [0.5, 0.6) is 0 Å². The lowest BCUT2D eigenvalue weighted by Crippen LogP contribution is -2.53. The average Bonchev–Trinajstić information content (AvgIpc) is 2.97. The van der Waals surface area contributed by atoms with Crippen LogP contribution in [-0.2, 0) is 22.4 Å². The Balaban J connectivity index is 1.68. The van der Waals surface area contributed by atoms with Gasteiger partial charge in [0.15, 0.2) is 0 Å². The van der Waals surface area contributed by atoms with Crippen molar-refractivity contribution >= 4 is 18.2 Å². The normalized spacial score (nSPS) is 18.0. The molecular formula is C20H27N3O3. The van der Waals surface area contributed by atoms with Gasteiger partial charge in [-0.1, -0.05) is 6.07 Å². The fraction of sp³-hybridized carbons (Fsp3) is 0.550. The third kappa shape index (κ3) is 3.51. The zero-order valence-electron chi connectivity index (χ0n) is 15.7. The van der Waals surface area contributed by atoms with Crippen LogP contribution in [0.25, 0.3) is 0 Å². The summed E-state index contributed by atoms with van der Waals surface area (Å²) in [6.07, 6.45) is 3.26. The number of aryl methyl sites for hydroxylation is 1. The van der Waals surface area contributed by atoms with Gasteiger partial charge in [0.1, 0.15) is 0 Å². The molecule has 1 unspecified atom stereocenters. The van der Waals surface area contributed by atoms with Crippen LogP contribution in [0.3, 0.4) is 0 Å². The number of imide groups is 1. The number of nitrogens with zero attached hydrogens (tertiary/aromatic N) is 1. The van der Waals surface area contributed by atoms with E-state index in [-0.39, 0.29) is 24.3 Å². The van der Waals surface area contributed by atoms with E-state index >= 15 is 0 Å². The molecule has 0 aromatic heterocycles. The van der Waals surface area contributed by atoms with Gasteiger partial charge in [-0.3, -0.25) is 19.7 Å². The number of hydrogen-bond acceptors (Lipinski definition) is 4. The number of carbonyl (C=O) groups excluding carboxylic acids is 3. The van der Waals surface area contributed by atoms with Crippen molar-refractivity contribution in [3.8, 4) is 0 Å². The smallest absolute Gasteiger partial charge is 0.254 e. The van der Waals surface area contributed by atoms with Crippen molar-refractivity contribution in [2.45, 2.75) is 45.6 Å². The van der Waals surface area contributed by atoms with Crippen LogP contribution in [-0.4, -0.2) is 49.3 Å². The third-order valence-electron chi connectivity index (χ3n) is 5.90. The van der Waals surface area contributed by atoms with Gasteiger partial charge in [0.25, 0.3) is 5.91 Å². The molecule has 0 saturated carbocycles. The summed E-state index contributed by atoms with van der Waals surface area (Å²) in [5.74, 6) is -0.331. The molecule has 26 heavy (non-hydrogen) atoms. The van der Waals surface area contributed by atoms with E-state index in [0.717, 1.165) is 37.1 Å². The lowest BCUT2D eigenvalue weighted by molar-refractivity contribution is -0.125. The first-order valence-electron chi connectivity index (χ1n) is 9.18. The van der Waals surface area contributed by atoms with E-state index in [1.165, 1.54) is 11.1 Å². The molecule has 1 spiro atoms. The Kier molecular flexibility index (Phi) is 5.14. The first kappa shape index (κ1) is 18.6. The molecule has 1 aliphatic heterocycles. The number of amides is 3. The first-order valence-corrected chi connectivity index (χ1v) is 9.18. The molecule has 1 fully saturated rings. The second-order valence-electron chi connectivity index (χ2n) is 7.88. The van der Waals surface area contributed by atoms with Crippen molar-refractivity contribution in [2.24, 2.45) is 5.41 Å². The maximum Gasteiger partial charge on any atom is 0.254 e. The van der Waals surface area contributed by atoms with Gasteiger partial charge in [0.2, 0.25) is 12.3 Å². The van der Waals surface area contributed by atoms with Gasteiger partial charge >= 0.3 is 0 Å². The monoisotopic (exact) mass is 357 g/mol. The van der Waals surface area contributed by atoms with Crippen molar-refractivity contribution in [1.82, 2.24) is 15.5 Å². The second-order valence-corrected chi connectivity index (χ2v) is 7.88. The molecule has 0 radical (unpaired) electrons. The number of nitrogens with one attached hydrogen (secondary N) is 2. The van der Waals surface area contributed by atoms with Crippen molar-refractivity contribution in [2.75, 3.05) is 20.1 Å². The molecule has 2 N–H and O–H groups in total. The fourth-order valence-electron chi connectivity index (χ4n) is 4.03. The van der Waals surface area contributed by atoms with Crippen LogP contribution in [0.15, 0.2) is 12.1 Å². The Labute approximate surface area is 154 Å². The van der Waals surface area contributed by atoms with Crippen molar-refractivity contribution in [1.29, 1.82) is 0 Å². The van der Waals surface area contributed by atoms with Gasteiger partial charge in [-0.2, -0.15) is 0 Å². The molecule has 1 aromatic rings. The maximum absolute atomic E-state index is 13.0. The zero-order chi connectivity index (χ0) is 18.9. The SMILES string of the molecule is Cc1cc2c(cc1C(=O)N(C)C(C)CCC(=O)NC=O)CC1(CNC1)C2. The molecule has 2 aliphatic rings. The summed E-state index contributed by atoms with van der Waals surface area (Å²) in [6.45, 7) is 6.03. The predicted octanol–water partition coefficient (Wildman–Crippen LogP) is 1.20. The minimum Gasteiger partial charge on any atom is -0.339 e. The summed E-state index contributed by atoms with van der Waals surface area (Å²) < 4.78 is 0. The Hall–Kier alpha value is -2.21. The maximum atomic E-state index is 13.0. The molecule has 1 aliphatic carbocycles. The summed E-state index contributed by atoms with van der Waals surface area (Å²) in [6, 6.07) is 4.16. The lowest BCUT2D eigenvalue weighted by Gasteiger charge is -2.39. The predicted molar refractivity (Wildman–Crippen MR) is 98.9 cm³/mol. The summed E-state index contributed by atoms with van der Waals surface area (Å²) in [4.78, 5) is 36.4. The van der Waals surface area contributed by atoms with E-state index in [0.29, 0.717) is 18.2 Å². The van der Waals surface area contributed by atoms with Crippen molar-refractivity contribution in [3.63, 3.8) is 0 Å². The Morgan fingerprint density at radius 1 is 1.31 bits per heavy atom. The minimum absolute atomic E-state index is 0.0127. The van der Waals surface area contributed by atoms with Gasteiger partial charge in [-0.05, 0) is 55.9 Å². The van der Waals surface area contributed by atoms with Crippen molar-refractivity contribution in [3.05, 3.63) is 34.4 Å². The molecule has 3 rings (SSSR count). The van der Waals surface area contributed by atoms with Gasteiger partial charge in [0, 0.05) is 43.6 Å². The highest BCUT2D eigenvalue weighted by Gasteiger charge is 2.42. The summed E-state index contributed by atoms with van der Waals surface area (Å²) in [5.41, 5.74) is 4.80. The molecule has 1 heterocycles. The largest absolute Gasteiger partial charge is 0.339 e. The van der Waals surface area contributed by atoms with E-state index in [4.69, 9.17) is 0 Å². The number of hydrogen-bond donors (Lipinski definition) is 2. The van der Waals surface area contributed by atoms with E-state index in [9.17, 15) is 14.4 Å². The molecule has 6 heteroatoms. The number of rotatable bonds is 6. The molecule has 1 aromatic carbocycles. The van der Waals surface area contributed by atoms with Gasteiger partial charge < -0.3 is 10.2 Å². The Morgan fingerprint density at radius 2 is 1.96 bits per heavy atom. The molecule has 1 saturated heterocycles. The van der Waals surface area contributed by atoms with Gasteiger partial charge in [-0.25, -0.2) is 0 Å². The number of fused-ring (bicyclic) bond motifs is 1. The fourth-order valence-corrected chi connectivity index (χ4v) is 4.03. The molecule has 3 amide bonds. The molecule has 140 valence electrons. The summed E-state index contributed by atoms with van der Waals surface area (Å²) in [5, 5.41) is 5.50. The van der Waals surface area contributed by atoms with Crippen molar-refractivity contribution < 1.29 is 14.4 Å². The van der Waals surface area contributed by atoms with E-state index < -0.39 is 0 Å². The highest BCUT2D eigenvalue weighted by molar-refractivity contribution is 5.96. The highest BCUT2D eigenvalue weighted by Crippen LogP contribution is 2.40. The van der Waals surface area contributed by atoms with Crippen LogP contribution in [0.2, 0.25) is 0 Å². The van der Waals surface area contributed by atoms with Crippen LogP contribution in [0.4, 0.5) is 0 Å². The van der Waals surface area contributed by atoms with Crippen LogP contribution in [0, 0.1) is 12.3 Å². The topological polar surface area (TPSA) is 78.5 Å². The van der Waals surface area contributed by atoms with E-state index in [1.54, 1.807) is 11.9 Å². The quantitative estimate of drug-likeness (QED) is 0.750. The third-order valence-corrected chi connectivity index (χ3v) is 5.90. The van der Waals surface area contributed by atoms with E-state index in [2.05, 4.69) is 22.8 Å². The lowest BCUT2D eigenvalue weighted by atomic mass is 9.79. The highest BCUT2D eigenvalue weighted by atomic mass is 16.2. The molecule has 1 atom stereocenters. The second kappa shape index (κ2) is 7.19. The van der Waals surface area contributed by atoms with Gasteiger partial charge in [-0.15, -0.1) is 0 Å². The summed E-state index contributed by atoms with van der Waals surface area (Å²) >= 11 is 0. The van der Waals surface area contributed by atoms with Crippen LogP contribution < -0.4 is 10.6 Å². The molecule has 0 bridgehead atoms.